The second-order valence-corrected chi connectivity index (χ2v) is 7.12. The van der Waals surface area contributed by atoms with Crippen LogP contribution >= 0.6 is 11.8 Å². The van der Waals surface area contributed by atoms with Gasteiger partial charge in [-0.3, -0.25) is 9.89 Å². The largest absolute Gasteiger partial charge is 0.372 e. The summed E-state index contributed by atoms with van der Waals surface area (Å²) in [4.78, 5) is 18.7. The van der Waals surface area contributed by atoms with Crippen LogP contribution in [0.15, 0.2) is 29.4 Å². The fourth-order valence-corrected chi connectivity index (χ4v) is 3.45. The molecule has 0 spiro atoms. The lowest BCUT2D eigenvalue weighted by molar-refractivity contribution is -0.140. The first-order valence-electron chi connectivity index (χ1n) is 8.06. The molecule has 0 aliphatic carbocycles. The van der Waals surface area contributed by atoms with Crippen LogP contribution in [-0.4, -0.2) is 57.0 Å². The highest BCUT2D eigenvalue weighted by molar-refractivity contribution is 7.99. The molecule has 0 radical (unpaired) electrons. The minimum absolute atomic E-state index is 0.0827. The van der Waals surface area contributed by atoms with Gasteiger partial charge in [-0.1, -0.05) is 41.6 Å². The second kappa shape index (κ2) is 7.36. The molecule has 2 atom stereocenters. The van der Waals surface area contributed by atoms with Crippen molar-refractivity contribution in [3.63, 3.8) is 0 Å². The molecule has 1 aromatic heterocycles. The quantitative estimate of drug-likeness (QED) is 0.861. The Morgan fingerprint density at radius 2 is 1.96 bits per heavy atom. The number of H-pyrrole nitrogens is 1. The van der Waals surface area contributed by atoms with Crippen LogP contribution in [0.3, 0.4) is 0 Å². The predicted octanol–water partition coefficient (Wildman–Crippen LogP) is 2.51. The van der Waals surface area contributed by atoms with Gasteiger partial charge in [0, 0.05) is 18.7 Å². The number of aromatic nitrogens is 3. The Labute approximate surface area is 146 Å². The maximum absolute atomic E-state index is 12.4. The Balaban J connectivity index is 1.57. The van der Waals surface area contributed by atoms with Gasteiger partial charge in [0.05, 0.1) is 18.0 Å². The zero-order valence-electron chi connectivity index (χ0n) is 14.2. The Kier molecular flexibility index (Phi) is 5.20. The lowest BCUT2D eigenvalue weighted by atomic mass is 10.1. The van der Waals surface area contributed by atoms with E-state index in [-0.39, 0.29) is 18.1 Å². The third kappa shape index (κ3) is 4.15. The maximum atomic E-state index is 12.4. The second-order valence-electron chi connectivity index (χ2n) is 6.18. The fourth-order valence-electron chi connectivity index (χ4n) is 2.75. The molecule has 2 heterocycles. The molecule has 7 heteroatoms. The lowest BCUT2D eigenvalue weighted by Gasteiger charge is -2.35. The average Bonchev–Trinajstić information content (AvgIpc) is 3.01. The number of nitrogens with one attached hydrogen (secondary N) is 1. The molecule has 0 bridgehead atoms. The van der Waals surface area contributed by atoms with Crippen molar-refractivity contribution < 1.29 is 9.53 Å². The van der Waals surface area contributed by atoms with Crippen LogP contribution in [0.25, 0.3) is 11.4 Å². The normalized spacial score (nSPS) is 21.0. The zero-order valence-corrected chi connectivity index (χ0v) is 15.0. The number of rotatable bonds is 4. The van der Waals surface area contributed by atoms with E-state index in [0.717, 1.165) is 11.4 Å². The van der Waals surface area contributed by atoms with Gasteiger partial charge in [0.25, 0.3) is 0 Å². The van der Waals surface area contributed by atoms with E-state index in [9.17, 15) is 4.79 Å². The molecule has 3 rings (SSSR count). The number of aromatic amines is 1. The number of nitrogens with zero attached hydrogens (tertiary/aromatic N) is 3. The van der Waals surface area contributed by atoms with Crippen molar-refractivity contribution in [1.82, 2.24) is 20.1 Å². The summed E-state index contributed by atoms with van der Waals surface area (Å²) in [5.41, 5.74) is 2.19. The first-order valence-corrected chi connectivity index (χ1v) is 9.05. The fraction of sp³-hybridized carbons (Fsp3) is 0.471. The maximum Gasteiger partial charge on any atom is 0.233 e. The van der Waals surface area contributed by atoms with Crippen molar-refractivity contribution >= 4 is 17.7 Å². The van der Waals surface area contributed by atoms with Gasteiger partial charge in [0.15, 0.2) is 5.82 Å². The number of carbonyl (C=O) groups is 1. The van der Waals surface area contributed by atoms with Gasteiger partial charge in [0.2, 0.25) is 11.1 Å². The summed E-state index contributed by atoms with van der Waals surface area (Å²) in [6, 6.07) is 8.09. The number of carbonyl (C=O) groups excluding carboxylic acids is 1. The highest BCUT2D eigenvalue weighted by Crippen LogP contribution is 2.20. The Bertz CT molecular complexity index is 691. The highest BCUT2D eigenvalue weighted by atomic mass is 32.2. The highest BCUT2D eigenvalue weighted by Gasteiger charge is 2.25. The van der Waals surface area contributed by atoms with E-state index in [1.54, 1.807) is 0 Å². The average molecular weight is 346 g/mol. The number of hydrogen-bond acceptors (Lipinski definition) is 5. The molecule has 6 nitrogen and oxygen atoms in total. The van der Waals surface area contributed by atoms with Gasteiger partial charge in [-0.15, -0.1) is 5.10 Å². The van der Waals surface area contributed by atoms with Crippen LogP contribution in [0.4, 0.5) is 0 Å². The van der Waals surface area contributed by atoms with Gasteiger partial charge in [-0.25, -0.2) is 4.98 Å². The van der Waals surface area contributed by atoms with Gasteiger partial charge in [-0.05, 0) is 20.8 Å². The third-order valence-electron chi connectivity index (χ3n) is 3.89. The molecule has 1 aromatic carbocycles. The van der Waals surface area contributed by atoms with Crippen molar-refractivity contribution in [1.29, 1.82) is 0 Å². The minimum atomic E-state index is 0.0827. The van der Waals surface area contributed by atoms with E-state index in [1.165, 1.54) is 17.3 Å². The zero-order chi connectivity index (χ0) is 17.1. The van der Waals surface area contributed by atoms with Crippen molar-refractivity contribution in [3.05, 3.63) is 29.8 Å². The first-order chi connectivity index (χ1) is 11.5. The number of thioether (sulfide) groups is 1. The molecule has 1 aliphatic rings. The number of ether oxygens (including phenoxy) is 1. The molecule has 1 N–H and O–H groups in total. The summed E-state index contributed by atoms with van der Waals surface area (Å²) in [6.07, 6.45) is 0.165. The van der Waals surface area contributed by atoms with Crippen LogP contribution in [0, 0.1) is 6.92 Å². The van der Waals surface area contributed by atoms with Gasteiger partial charge in [-0.2, -0.15) is 0 Å². The lowest BCUT2D eigenvalue weighted by Crippen LogP contribution is -2.48. The van der Waals surface area contributed by atoms with Crippen LogP contribution < -0.4 is 0 Å². The number of morpholine rings is 1. The van der Waals surface area contributed by atoms with Crippen LogP contribution in [-0.2, 0) is 9.53 Å². The van der Waals surface area contributed by atoms with E-state index >= 15 is 0 Å². The van der Waals surface area contributed by atoms with Crippen LogP contribution in [0.2, 0.25) is 0 Å². The molecule has 2 unspecified atom stereocenters. The standard InChI is InChI=1S/C17H22N4O2S/c1-11-4-6-14(7-5-11)16-18-17(20-19-16)24-10-15(22)21-8-12(2)23-13(3)9-21/h4-7,12-13H,8-10H2,1-3H3,(H,18,19,20). The number of hydrogen-bond donors (Lipinski definition) is 1. The number of aryl methyl sites for hydroxylation is 1. The SMILES string of the molecule is Cc1ccc(-c2nc(SCC(=O)N3CC(C)OC(C)C3)n[nH]2)cc1. The molecule has 1 fully saturated rings. The molecule has 24 heavy (non-hydrogen) atoms. The number of benzene rings is 1. The van der Waals surface area contributed by atoms with E-state index in [2.05, 4.69) is 15.2 Å². The Morgan fingerprint density at radius 3 is 2.62 bits per heavy atom. The molecular formula is C17H22N4O2S. The smallest absolute Gasteiger partial charge is 0.233 e. The third-order valence-corrected chi connectivity index (χ3v) is 4.72. The van der Waals surface area contributed by atoms with E-state index in [1.807, 2.05) is 49.9 Å². The minimum Gasteiger partial charge on any atom is -0.372 e. The molecule has 1 amide bonds. The predicted molar refractivity (Wildman–Crippen MR) is 93.9 cm³/mol. The molecule has 2 aromatic rings. The summed E-state index contributed by atoms with van der Waals surface area (Å²) in [5, 5.41) is 7.72. The van der Waals surface area contributed by atoms with Gasteiger partial charge < -0.3 is 9.64 Å². The van der Waals surface area contributed by atoms with Crippen molar-refractivity contribution in [2.24, 2.45) is 0 Å². The van der Waals surface area contributed by atoms with E-state index in [4.69, 9.17) is 4.74 Å². The molecule has 1 saturated heterocycles. The monoisotopic (exact) mass is 346 g/mol. The van der Waals surface area contributed by atoms with E-state index in [0.29, 0.717) is 24.0 Å². The summed E-state index contributed by atoms with van der Waals surface area (Å²) in [6.45, 7) is 7.32. The van der Waals surface area contributed by atoms with Crippen molar-refractivity contribution in [2.45, 2.75) is 38.1 Å². The van der Waals surface area contributed by atoms with E-state index < -0.39 is 0 Å². The van der Waals surface area contributed by atoms with Crippen LogP contribution in [0.5, 0.6) is 0 Å². The summed E-state index contributed by atoms with van der Waals surface area (Å²) in [7, 11) is 0. The summed E-state index contributed by atoms with van der Waals surface area (Å²) in [5.74, 6) is 1.16. The van der Waals surface area contributed by atoms with Crippen molar-refractivity contribution in [2.75, 3.05) is 18.8 Å². The van der Waals surface area contributed by atoms with Gasteiger partial charge >= 0.3 is 0 Å². The van der Waals surface area contributed by atoms with Gasteiger partial charge in [0.1, 0.15) is 0 Å². The topological polar surface area (TPSA) is 71.1 Å². The summed E-state index contributed by atoms with van der Waals surface area (Å²) < 4.78 is 5.66. The molecular weight excluding hydrogens is 324 g/mol. The van der Waals surface area contributed by atoms with Crippen LogP contribution in [0.1, 0.15) is 19.4 Å². The number of amides is 1. The Hall–Kier alpha value is -1.86. The molecule has 1 aliphatic heterocycles. The summed E-state index contributed by atoms with van der Waals surface area (Å²) >= 11 is 1.36. The first kappa shape index (κ1) is 17.0. The molecule has 0 saturated carbocycles. The van der Waals surface area contributed by atoms with Crippen molar-refractivity contribution in [3.8, 4) is 11.4 Å². The Morgan fingerprint density at radius 1 is 1.29 bits per heavy atom. The molecule has 128 valence electrons.